The molecule has 2 rings (SSSR count). The molecule has 1 saturated heterocycles. The van der Waals surface area contributed by atoms with Gasteiger partial charge in [-0.05, 0) is 37.6 Å². The van der Waals surface area contributed by atoms with Gasteiger partial charge in [0.2, 0.25) is 0 Å². The minimum atomic E-state index is -0.0123. The Morgan fingerprint density at radius 3 is 2.58 bits per heavy atom. The summed E-state index contributed by atoms with van der Waals surface area (Å²) in [6.45, 7) is 10.2. The van der Waals surface area contributed by atoms with E-state index in [9.17, 15) is 5.11 Å². The van der Waals surface area contributed by atoms with Crippen LogP contribution in [0, 0.1) is 5.92 Å². The Hall–Kier alpha value is -1.30. The van der Waals surface area contributed by atoms with Crippen molar-refractivity contribution in [2.24, 2.45) is 5.92 Å². The van der Waals surface area contributed by atoms with Gasteiger partial charge in [0, 0.05) is 25.7 Å². The highest BCUT2D eigenvalue weighted by Crippen LogP contribution is 2.33. The lowest BCUT2D eigenvalue weighted by molar-refractivity contribution is 0.0340. The normalized spacial score (nSPS) is 21.0. The van der Waals surface area contributed by atoms with E-state index in [1.165, 1.54) is 0 Å². The van der Waals surface area contributed by atoms with Gasteiger partial charge in [-0.1, -0.05) is 19.9 Å². The summed E-state index contributed by atoms with van der Waals surface area (Å²) in [6, 6.07) is 6.40. The van der Waals surface area contributed by atoms with Crippen molar-refractivity contribution in [2.75, 3.05) is 47.0 Å². The maximum atomic E-state index is 10.00. The third-order valence-electron chi connectivity index (χ3n) is 4.60. The number of piperazine rings is 1. The van der Waals surface area contributed by atoms with Gasteiger partial charge >= 0.3 is 0 Å². The van der Waals surface area contributed by atoms with E-state index in [2.05, 4.69) is 37.6 Å². The average molecular weight is 336 g/mol. The van der Waals surface area contributed by atoms with Gasteiger partial charge in [-0.25, -0.2) is 0 Å². The van der Waals surface area contributed by atoms with Crippen molar-refractivity contribution < 1.29 is 14.6 Å². The maximum Gasteiger partial charge on any atom is 0.161 e. The second kappa shape index (κ2) is 8.70. The standard InChI is InChI=1S/C19H32N2O3/c1-14(2)13-24-18-7-6-16(10-19(18)23-5)17(12-22)21-9-8-20(4)11-15(21)3/h6-7,10,14-15,17,22H,8-9,11-13H2,1-5H3. The molecule has 1 aromatic carbocycles. The van der Waals surface area contributed by atoms with Crippen molar-refractivity contribution in [3.63, 3.8) is 0 Å². The van der Waals surface area contributed by atoms with Crippen LogP contribution in [-0.4, -0.2) is 68.0 Å². The molecule has 1 heterocycles. The molecule has 1 fully saturated rings. The zero-order chi connectivity index (χ0) is 17.7. The van der Waals surface area contributed by atoms with E-state index < -0.39 is 0 Å². The number of nitrogens with zero attached hydrogens (tertiary/aromatic N) is 2. The molecule has 0 bridgehead atoms. The minimum absolute atomic E-state index is 0.0123. The fraction of sp³-hybridized carbons (Fsp3) is 0.684. The fourth-order valence-corrected chi connectivity index (χ4v) is 3.29. The summed E-state index contributed by atoms with van der Waals surface area (Å²) in [4.78, 5) is 4.71. The second-order valence-corrected chi connectivity index (χ2v) is 7.16. The molecule has 0 amide bonds. The number of hydrogen-bond donors (Lipinski definition) is 1. The Morgan fingerprint density at radius 2 is 2.00 bits per heavy atom. The summed E-state index contributed by atoms with van der Waals surface area (Å²) < 4.78 is 11.3. The molecule has 5 nitrogen and oxygen atoms in total. The van der Waals surface area contributed by atoms with Gasteiger partial charge in [0.1, 0.15) is 0 Å². The first kappa shape index (κ1) is 19.0. The lowest BCUT2D eigenvalue weighted by atomic mass is 10.0. The summed E-state index contributed by atoms with van der Waals surface area (Å²) in [7, 11) is 3.81. The van der Waals surface area contributed by atoms with E-state index in [1.807, 2.05) is 18.2 Å². The predicted octanol–water partition coefficient (Wildman–Crippen LogP) is 2.40. The lowest BCUT2D eigenvalue weighted by Crippen LogP contribution is -2.52. The number of benzene rings is 1. The molecule has 1 aliphatic rings. The van der Waals surface area contributed by atoms with Gasteiger partial charge in [0.05, 0.1) is 26.4 Å². The molecule has 1 N–H and O–H groups in total. The van der Waals surface area contributed by atoms with Gasteiger partial charge in [0.25, 0.3) is 0 Å². The highest BCUT2D eigenvalue weighted by Gasteiger charge is 2.29. The van der Waals surface area contributed by atoms with E-state index in [-0.39, 0.29) is 12.6 Å². The average Bonchev–Trinajstić information content (AvgIpc) is 2.55. The Bertz CT molecular complexity index is 521. The highest BCUT2D eigenvalue weighted by molar-refractivity contribution is 5.44. The first-order valence-electron chi connectivity index (χ1n) is 8.82. The van der Waals surface area contributed by atoms with E-state index >= 15 is 0 Å². The highest BCUT2D eigenvalue weighted by atomic mass is 16.5. The third-order valence-corrected chi connectivity index (χ3v) is 4.60. The molecule has 0 aliphatic carbocycles. The zero-order valence-corrected chi connectivity index (χ0v) is 15.7. The number of aliphatic hydroxyl groups excluding tert-OH is 1. The number of likely N-dealkylation sites (N-methyl/N-ethyl adjacent to an activating group) is 1. The lowest BCUT2D eigenvalue weighted by Gasteiger charge is -2.42. The Kier molecular flexibility index (Phi) is 6.90. The van der Waals surface area contributed by atoms with E-state index in [4.69, 9.17) is 9.47 Å². The van der Waals surface area contributed by atoms with Crippen molar-refractivity contribution in [1.82, 2.24) is 9.80 Å². The topological polar surface area (TPSA) is 45.2 Å². The molecule has 1 aromatic rings. The quantitative estimate of drug-likeness (QED) is 0.828. The van der Waals surface area contributed by atoms with Crippen molar-refractivity contribution >= 4 is 0 Å². The first-order chi connectivity index (χ1) is 11.5. The van der Waals surface area contributed by atoms with Crippen LogP contribution in [0.15, 0.2) is 18.2 Å². The fourth-order valence-electron chi connectivity index (χ4n) is 3.29. The summed E-state index contributed by atoms with van der Waals surface area (Å²) in [5.74, 6) is 1.96. The molecule has 24 heavy (non-hydrogen) atoms. The number of methoxy groups -OCH3 is 1. The summed E-state index contributed by atoms with van der Waals surface area (Å²) in [6.07, 6.45) is 0. The molecule has 2 atom stereocenters. The molecule has 0 spiro atoms. The molecule has 136 valence electrons. The number of rotatable bonds is 7. The molecular formula is C19H32N2O3. The molecule has 2 unspecified atom stereocenters. The van der Waals surface area contributed by atoms with Crippen LogP contribution in [0.1, 0.15) is 32.4 Å². The summed E-state index contributed by atoms with van der Waals surface area (Å²) >= 11 is 0. The molecular weight excluding hydrogens is 304 g/mol. The van der Waals surface area contributed by atoms with Crippen LogP contribution >= 0.6 is 0 Å². The predicted molar refractivity (Wildman–Crippen MR) is 96.8 cm³/mol. The van der Waals surface area contributed by atoms with Crippen LogP contribution in [0.3, 0.4) is 0 Å². The SMILES string of the molecule is COc1cc(C(CO)N2CCN(C)CC2C)ccc1OCC(C)C. The molecule has 5 heteroatoms. The molecule has 0 saturated carbocycles. The van der Waals surface area contributed by atoms with Crippen molar-refractivity contribution in [3.05, 3.63) is 23.8 Å². The number of aliphatic hydroxyl groups is 1. The van der Waals surface area contributed by atoms with Crippen molar-refractivity contribution in [3.8, 4) is 11.5 Å². The van der Waals surface area contributed by atoms with Crippen molar-refractivity contribution in [2.45, 2.75) is 32.9 Å². The van der Waals surface area contributed by atoms with Crippen LogP contribution in [-0.2, 0) is 0 Å². The van der Waals surface area contributed by atoms with Gasteiger partial charge in [-0.3, -0.25) is 4.90 Å². The summed E-state index contributed by atoms with van der Waals surface area (Å²) in [5, 5.41) is 10.00. The maximum absolute atomic E-state index is 10.00. The zero-order valence-electron chi connectivity index (χ0n) is 15.7. The largest absolute Gasteiger partial charge is 0.493 e. The van der Waals surface area contributed by atoms with Crippen LogP contribution in [0.4, 0.5) is 0 Å². The third kappa shape index (κ3) is 4.62. The van der Waals surface area contributed by atoms with Gasteiger partial charge < -0.3 is 19.5 Å². The monoisotopic (exact) mass is 336 g/mol. The smallest absolute Gasteiger partial charge is 0.161 e. The summed E-state index contributed by atoms with van der Waals surface area (Å²) in [5.41, 5.74) is 1.07. The number of ether oxygens (including phenoxy) is 2. The van der Waals surface area contributed by atoms with E-state index in [0.29, 0.717) is 18.6 Å². The Labute approximate surface area is 146 Å². The van der Waals surface area contributed by atoms with E-state index in [0.717, 1.165) is 36.7 Å². The van der Waals surface area contributed by atoms with Gasteiger partial charge in [-0.2, -0.15) is 0 Å². The van der Waals surface area contributed by atoms with Crippen LogP contribution in [0.2, 0.25) is 0 Å². The molecule has 1 aliphatic heterocycles. The van der Waals surface area contributed by atoms with E-state index in [1.54, 1.807) is 7.11 Å². The molecule has 0 aromatic heterocycles. The Morgan fingerprint density at radius 1 is 1.25 bits per heavy atom. The van der Waals surface area contributed by atoms with Gasteiger partial charge in [-0.15, -0.1) is 0 Å². The van der Waals surface area contributed by atoms with Crippen LogP contribution in [0.25, 0.3) is 0 Å². The first-order valence-corrected chi connectivity index (χ1v) is 8.82. The number of hydrogen-bond acceptors (Lipinski definition) is 5. The van der Waals surface area contributed by atoms with Crippen molar-refractivity contribution in [1.29, 1.82) is 0 Å². The second-order valence-electron chi connectivity index (χ2n) is 7.16. The van der Waals surface area contributed by atoms with Crippen LogP contribution < -0.4 is 9.47 Å². The minimum Gasteiger partial charge on any atom is -0.493 e. The van der Waals surface area contributed by atoms with Gasteiger partial charge in [0.15, 0.2) is 11.5 Å². The van der Waals surface area contributed by atoms with Crippen LogP contribution in [0.5, 0.6) is 11.5 Å². The Balaban J connectivity index is 2.19. The molecule has 0 radical (unpaired) electrons.